The van der Waals surface area contributed by atoms with Gasteiger partial charge in [-0.05, 0) is 76.7 Å². The first kappa shape index (κ1) is 56.7. The molecular formula is C47H75O14P. The molecule has 0 heterocycles. The number of aliphatic hydroxyl groups is 5. The van der Waals surface area contributed by atoms with E-state index in [2.05, 4.69) is 50.3 Å². The van der Waals surface area contributed by atoms with Gasteiger partial charge in [0.05, 0.1) is 6.61 Å². The molecule has 1 saturated carbocycles. The molecule has 3 unspecified atom stereocenters. The zero-order valence-electron chi connectivity index (χ0n) is 36.9. The maximum Gasteiger partial charge on any atom is 0.472 e. The Morgan fingerprint density at radius 3 is 1.71 bits per heavy atom. The normalized spacial score (nSPS) is 22.6. The number of phosphoric ester groups is 1. The Kier molecular flexibility index (Phi) is 33.0. The molecule has 8 atom stereocenters. The number of carbonyl (C=O) groups excluding carboxylic acids is 3. The van der Waals surface area contributed by atoms with Gasteiger partial charge in [-0.1, -0.05) is 125 Å². The maximum absolute atomic E-state index is 12.8. The van der Waals surface area contributed by atoms with Gasteiger partial charge in [-0.2, -0.15) is 0 Å². The van der Waals surface area contributed by atoms with Crippen LogP contribution in [0.4, 0.5) is 0 Å². The Labute approximate surface area is 369 Å². The van der Waals surface area contributed by atoms with E-state index in [1.54, 1.807) is 12.2 Å². The van der Waals surface area contributed by atoms with Crippen molar-refractivity contribution < 1.29 is 67.9 Å². The quantitative estimate of drug-likeness (QED) is 0.00897. The Bertz CT molecular complexity index is 1470. The second-order valence-corrected chi connectivity index (χ2v) is 16.6. The number of aliphatic hydroxyl groups excluding tert-OH is 5. The predicted molar refractivity (Wildman–Crippen MR) is 240 cm³/mol. The minimum Gasteiger partial charge on any atom is -0.462 e. The average Bonchev–Trinajstić information content (AvgIpc) is 3.25. The molecule has 15 heteroatoms. The summed E-state index contributed by atoms with van der Waals surface area (Å²) in [6.07, 6.45) is 29.1. The number of unbranched alkanes of at least 4 members (excludes halogenated alkanes) is 8. The molecule has 14 nitrogen and oxygen atoms in total. The molecule has 6 N–H and O–H groups in total. The lowest BCUT2D eigenvalue weighted by Gasteiger charge is -2.41. The fourth-order valence-corrected chi connectivity index (χ4v) is 7.04. The molecule has 0 radical (unpaired) electrons. The van der Waals surface area contributed by atoms with E-state index in [9.17, 15) is 49.4 Å². The third-order valence-corrected chi connectivity index (χ3v) is 10.7. The second-order valence-electron chi connectivity index (χ2n) is 15.2. The molecule has 62 heavy (non-hydrogen) atoms. The van der Waals surface area contributed by atoms with Gasteiger partial charge in [0.15, 0.2) is 11.9 Å². The van der Waals surface area contributed by atoms with Gasteiger partial charge >= 0.3 is 19.8 Å². The number of esters is 2. The lowest BCUT2D eigenvalue weighted by atomic mass is 9.85. The molecule has 0 saturated heterocycles. The van der Waals surface area contributed by atoms with Crippen molar-refractivity contribution in [1.82, 2.24) is 0 Å². The fourth-order valence-electron chi connectivity index (χ4n) is 6.07. The molecular weight excluding hydrogens is 819 g/mol. The topological polar surface area (TPSA) is 227 Å². The lowest BCUT2D eigenvalue weighted by molar-refractivity contribution is -0.220. The third-order valence-electron chi connectivity index (χ3n) is 9.70. The predicted octanol–water partition coefficient (Wildman–Crippen LogP) is 7.68. The van der Waals surface area contributed by atoms with Crippen molar-refractivity contribution in [3.63, 3.8) is 0 Å². The monoisotopic (exact) mass is 894 g/mol. The number of carbonyl (C=O) groups is 3. The zero-order chi connectivity index (χ0) is 45.9. The Balaban J connectivity index is 2.56. The molecule has 0 aromatic carbocycles. The molecule has 1 aliphatic carbocycles. The summed E-state index contributed by atoms with van der Waals surface area (Å²) >= 11 is 0. The fraction of sp³-hybridized carbons (Fsp3) is 0.638. The van der Waals surface area contributed by atoms with E-state index in [1.165, 1.54) is 0 Å². The van der Waals surface area contributed by atoms with Crippen LogP contribution in [0.2, 0.25) is 0 Å². The zero-order valence-corrected chi connectivity index (χ0v) is 37.8. The number of ketones is 1. The maximum atomic E-state index is 12.8. The van der Waals surface area contributed by atoms with Gasteiger partial charge in [0.2, 0.25) is 0 Å². The van der Waals surface area contributed by atoms with Crippen LogP contribution in [-0.4, -0.2) is 104 Å². The minimum absolute atomic E-state index is 0.0142. The van der Waals surface area contributed by atoms with Crippen molar-refractivity contribution in [2.75, 3.05) is 13.2 Å². The third kappa shape index (κ3) is 28.4. The molecule has 0 bridgehead atoms. The van der Waals surface area contributed by atoms with Crippen LogP contribution in [0.1, 0.15) is 136 Å². The van der Waals surface area contributed by atoms with E-state index in [4.69, 9.17) is 18.5 Å². The molecule has 0 aliphatic heterocycles. The highest BCUT2D eigenvalue weighted by Gasteiger charge is 2.51. The highest BCUT2D eigenvalue weighted by atomic mass is 31.2. The molecule has 1 fully saturated rings. The molecule has 0 amide bonds. The summed E-state index contributed by atoms with van der Waals surface area (Å²) in [7, 11) is -5.16. The van der Waals surface area contributed by atoms with Crippen LogP contribution in [0, 0.1) is 0 Å². The van der Waals surface area contributed by atoms with Crippen molar-refractivity contribution in [3.05, 3.63) is 85.1 Å². The summed E-state index contributed by atoms with van der Waals surface area (Å²) in [6.45, 7) is 2.94. The Morgan fingerprint density at radius 1 is 0.565 bits per heavy atom. The first-order valence-corrected chi connectivity index (χ1v) is 23.8. The molecule has 0 spiro atoms. The first-order valence-electron chi connectivity index (χ1n) is 22.3. The van der Waals surface area contributed by atoms with Gasteiger partial charge in [-0.15, -0.1) is 0 Å². The van der Waals surface area contributed by atoms with Crippen molar-refractivity contribution in [1.29, 1.82) is 0 Å². The Morgan fingerprint density at radius 2 is 1.08 bits per heavy atom. The summed E-state index contributed by atoms with van der Waals surface area (Å²) in [5, 5.41) is 50.1. The van der Waals surface area contributed by atoms with Crippen LogP contribution in [0.5, 0.6) is 0 Å². The Hall–Kier alpha value is -3.30. The van der Waals surface area contributed by atoms with E-state index in [-0.39, 0.29) is 18.6 Å². The van der Waals surface area contributed by atoms with Gasteiger partial charge < -0.3 is 39.9 Å². The molecule has 1 rings (SSSR count). The highest BCUT2D eigenvalue weighted by molar-refractivity contribution is 7.47. The van der Waals surface area contributed by atoms with Crippen molar-refractivity contribution in [2.24, 2.45) is 0 Å². The van der Waals surface area contributed by atoms with Gasteiger partial charge in [0, 0.05) is 19.3 Å². The van der Waals surface area contributed by atoms with Gasteiger partial charge in [0.25, 0.3) is 0 Å². The summed E-state index contributed by atoms with van der Waals surface area (Å²) < 4.78 is 33.4. The van der Waals surface area contributed by atoms with Crippen LogP contribution in [-0.2, 0) is 37.5 Å². The molecule has 352 valence electrons. The van der Waals surface area contributed by atoms with Crippen molar-refractivity contribution >= 4 is 25.5 Å². The number of ether oxygens (including phenoxy) is 2. The van der Waals surface area contributed by atoms with Gasteiger partial charge in [-0.3, -0.25) is 23.4 Å². The number of hydrogen-bond donors (Lipinski definition) is 6. The molecule has 0 aromatic rings. The number of phosphoric acid groups is 1. The van der Waals surface area contributed by atoms with Crippen LogP contribution in [0.15, 0.2) is 85.1 Å². The number of allylic oxidation sites excluding steroid dienone is 14. The smallest absolute Gasteiger partial charge is 0.462 e. The molecule has 1 aliphatic rings. The van der Waals surface area contributed by atoms with Gasteiger partial charge in [-0.25, -0.2) is 4.57 Å². The van der Waals surface area contributed by atoms with Crippen LogP contribution in [0.3, 0.4) is 0 Å². The van der Waals surface area contributed by atoms with Crippen LogP contribution >= 0.6 is 7.82 Å². The summed E-state index contributed by atoms with van der Waals surface area (Å²) in [5.74, 6) is -1.09. The summed E-state index contributed by atoms with van der Waals surface area (Å²) in [4.78, 5) is 47.4. The van der Waals surface area contributed by atoms with E-state index in [1.807, 2.05) is 36.5 Å². The van der Waals surface area contributed by atoms with Crippen molar-refractivity contribution in [2.45, 2.75) is 179 Å². The number of rotatable bonds is 35. The van der Waals surface area contributed by atoms with E-state index in [0.717, 1.165) is 77.0 Å². The largest absolute Gasteiger partial charge is 0.472 e. The second kappa shape index (κ2) is 36.1. The standard InChI is InChI=1S/C47H75O14P/c1-3-5-7-8-9-10-11-12-13-14-17-20-23-26-30-34-40(49)58-36-39(37-59-62(56,57)61-47-45(54)43(52)42(51)44(53)46(47)55)60-41(50)35-31-27-24-21-18-15-16-19-22-25-29-33-38(48)32-28-6-4-2/h5,7,9-10,12-13,15-16,21-22,24-25,29,33,39,42-47,51-55H,3-4,6,8,11,14,17-20,23,26-28,30-32,34-37H2,1-2H3,(H,56,57)/b7-5-,10-9-,13-12-,16-15-,24-21-,25-22-,33-29+/t39-,42?,43-,44+,45-,46-,47?/m1/s1. The SMILES string of the molecule is CC/C=C\C/C=C\C/C=C\CCCCCCCC(=O)OC[C@H](COP(=O)(O)OC1[C@H](O)[C@H](O)C(O)[C@H](O)[C@H]1O)OC(=O)CCC/C=C\C/C=C\C/C=C\C=C\C(=O)CCCCC. The lowest BCUT2D eigenvalue weighted by Crippen LogP contribution is -2.64. The summed E-state index contributed by atoms with van der Waals surface area (Å²) in [6, 6.07) is 0. The van der Waals surface area contributed by atoms with Crippen LogP contribution < -0.4 is 0 Å². The van der Waals surface area contributed by atoms with Gasteiger partial charge in [0.1, 0.15) is 43.2 Å². The van der Waals surface area contributed by atoms with E-state index < -0.39 is 75.7 Å². The number of hydrogen-bond acceptors (Lipinski definition) is 13. The molecule has 0 aromatic heterocycles. The van der Waals surface area contributed by atoms with Crippen molar-refractivity contribution in [3.8, 4) is 0 Å². The minimum atomic E-state index is -5.16. The van der Waals surface area contributed by atoms with E-state index in [0.29, 0.717) is 32.1 Å². The highest BCUT2D eigenvalue weighted by Crippen LogP contribution is 2.47. The average molecular weight is 895 g/mol. The first-order chi connectivity index (χ1) is 29.8. The summed E-state index contributed by atoms with van der Waals surface area (Å²) in [5.41, 5.74) is 0. The van der Waals surface area contributed by atoms with E-state index >= 15 is 0 Å². The van der Waals surface area contributed by atoms with Crippen LogP contribution in [0.25, 0.3) is 0 Å².